The summed E-state index contributed by atoms with van der Waals surface area (Å²) in [7, 11) is 0. The van der Waals surface area contributed by atoms with Crippen LogP contribution < -0.4 is 0 Å². The van der Waals surface area contributed by atoms with Gasteiger partial charge in [0.2, 0.25) is 0 Å². The highest BCUT2D eigenvalue weighted by Gasteiger charge is 2.51. The third kappa shape index (κ3) is 1.58. The molecule has 0 spiro atoms. The molecule has 0 saturated heterocycles. The van der Waals surface area contributed by atoms with Gasteiger partial charge in [-0.05, 0) is 37.7 Å². The van der Waals surface area contributed by atoms with Crippen molar-refractivity contribution in [2.24, 2.45) is 11.3 Å². The highest BCUT2D eigenvalue weighted by Crippen LogP contribution is 2.44. The van der Waals surface area contributed by atoms with Gasteiger partial charge in [-0.15, -0.1) is 0 Å². The van der Waals surface area contributed by atoms with Gasteiger partial charge in [0.25, 0.3) is 0 Å². The van der Waals surface area contributed by atoms with Crippen LogP contribution >= 0.6 is 0 Å². The molecule has 2 unspecified atom stereocenters. The number of carbonyl (C=O) groups is 2. The smallest absolute Gasteiger partial charge is 0.317 e. The van der Waals surface area contributed by atoms with Gasteiger partial charge in [-0.1, -0.05) is 26.3 Å². The molecule has 16 heavy (non-hydrogen) atoms. The van der Waals surface area contributed by atoms with Crippen LogP contribution in [0, 0.1) is 11.3 Å². The molecule has 0 saturated carbocycles. The van der Waals surface area contributed by atoms with Crippen LogP contribution in [0.2, 0.25) is 0 Å². The topological polar surface area (TPSA) is 54.4 Å². The summed E-state index contributed by atoms with van der Waals surface area (Å²) >= 11 is 0. The zero-order chi connectivity index (χ0) is 12.5. The van der Waals surface area contributed by atoms with E-state index in [1.807, 2.05) is 13.8 Å². The van der Waals surface area contributed by atoms with Crippen LogP contribution in [0.3, 0.4) is 0 Å². The summed E-state index contributed by atoms with van der Waals surface area (Å²) in [5, 5.41) is 9.36. The predicted octanol–water partition coefficient (Wildman–Crippen LogP) is 2.80. The van der Waals surface area contributed by atoms with Gasteiger partial charge in [0.15, 0.2) is 5.78 Å². The van der Waals surface area contributed by atoms with Crippen molar-refractivity contribution >= 4 is 11.8 Å². The first-order valence-corrected chi connectivity index (χ1v) is 5.88. The lowest BCUT2D eigenvalue weighted by Gasteiger charge is -2.38. The SMILES string of the molecule is CCC1=C(C)C(=O)C(CC)(C(=O)O)C(C)C1. The molecule has 0 aromatic rings. The molecule has 0 aromatic carbocycles. The second-order valence-corrected chi connectivity index (χ2v) is 4.65. The van der Waals surface area contributed by atoms with Gasteiger partial charge in [0.05, 0.1) is 0 Å². The van der Waals surface area contributed by atoms with Crippen molar-refractivity contribution in [1.82, 2.24) is 0 Å². The van der Waals surface area contributed by atoms with E-state index in [1.54, 1.807) is 13.8 Å². The lowest BCUT2D eigenvalue weighted by molar-refractivity contribution is -0.158. The van der Waals surface area contributed by atoms with Crippen molar-refractivity contribution in [3.8, 4) is 0 Å². The zero-order valence-electron chi connectivity index (χ0n) is 10.5. The molecular formula is C13H20O3. The standard InChI is InChI=1S/C13H20O3/c1-5-10-7-8(3)13(6-2,12(15)16)11(14)9(10)4/h8H,5-7H2,1-4H3,(H,15,16). The van der Waals surface area contributed by atoms with Gasteiger partial charge in [0.1, 0.15) is 5.41 Å². The molecule has 0 amide bonds. The van der Waals surface area contributed by atoms with Crippen LogP contribution in [-0.2, 0) is 9.59 Å². The number of carboxylic acids is 1. The normalized spacial score (nSPS) is 30.8. The monoisotopic (exact) mass is 224 g/mol. The third-order valence-electron chi connectivity index (χ3n) is 4.04. The molecule has 1 aliphatic rings. The van der Waals surface area contributed by atoms with Crippen LogP contribution in [0.25, 0.3) is 0 Å². The molecule has 2 atom stereocenters. The minimum atomic E-state index is -1.19. The first-order chi connectivity index (χ1) is 7.41. The third-order valence-corrected chi connectivity index (χ3v) is 4.04. The van der Waals surface area contributed by atoms with E-state index < -0.39 is 11.4 Å². The van der Waals surface area contributed by atoms with Crippen LogP contribution in [0.1, 0.15) is 47.0 Å². The number of Topliss-reactive ketones (excluding diaryl/α,β-unsaturated/α-hetero) is 1. The van der Waals surface area contributed by atoms with E-state index in [9.17, 15) is 14.7 Å². The molecule has 1 aliphatic carbocycles. The number of aliphatic carboxylic acids is 1. The zero-order valence-corrected chi connectivity index (χ0v) is 10.5. The average Bonchev–Trinajstić information content (AvgIpc) is 2.24. The molecular weight excluding hydrogens is 204 g/mol. The molecule has 1 N–H and O–H groups in total. The summed E-state index contributed by atoms with van der Waals surface area (Å²) in [6.07, 6.45) is 1.94. The Kier molecular flexibility index (Phi) is 3.56. The number of ketones is 1. The molecule has 0 heterocycles. The number of rotatable bonds is 3. The molecule has 90 valence electrons. The lowest BCUT2D eigenvalue weighted by Crippen LogP contribution is -2.47. The molecule has 1 rings (SSSR count). The van der Waals surface area contributed by atoms with Crippen molar-refractivity contribution < 1.29 is 14.7 Å². The second kappa shape index (κ2) is 4.40. The Morgan fingerprint density at radius 3 is 2.44 bits per heavy atom. The van der Waals surface area contributed by atoms with Crippen LogP contribution in [0.5, 0.6) is 0 Å². The summed E-state index contributed by atoms with van der Waals surface area (Å²) in [6, 6.07) is 0. The summed E-state index contributed by atoms with van der Waals surface area (Å²) in [4.78, 5) is 23.7. The van der Waals surface area contributed by atoms with E-state index in [-0.39, 0.29) is 11.7 Å². The maximum atomic E-state index is 12.3. The van der Waals surface area contributed by atoms with Gasteiger partial charge in [-0.25, -0.2) is 0 Å². The minimum Gasteiger partial charge on any atom is -0.480 e. The Balaban J connectivity index is 3.31. The first kappa shape index (κ1) is 12.9. The fourth-order valence-corrected chi connectivity index (χ4v) is 2.79. The number of allylic oxidation sites excluding steroid dienone is 2. The van der Waals surface area contributed by atoms with Crippen molar-refractivity contribution in [2.45, 2.75) is 47.0 Å². The van der Waals surface area contributed by atoms with E-state index in [4.69, 9.17) is 0 Å². The van der Waals surface area contributed by atoms with E-state index in [2.05, 4.69) is 0 Å². The van der Waals surface area contributed by atoms with Crippen molar-refractivity contribution in [3.05, 3.63) is 11.1 Å². The van der Waals surface area contributed by atoms with E-state index in [0.29, 0.717) is 12.0 Å². The van der Waals surface area contributed by atoms with E-state index in [1.165, 1.54) is 0 Å². The molecule has 0 aromatic heterocycles. The number of hydrogen-bond donors (Lipinski definition) is 1. The van der Waals surface area contributed by atoms with Crippen molar-refractivity contribution in [2.75, 3.05) is 0 Å². The predicted molar refractivity (Wildman–Crippen MR) is 62.1 cm³/mol. The van der Waals surface area contributed by atoms with Gasteiger partial charge in [0, 0.05) is 0 Å². The fraction of sp³-hybridized carbons (Fsp3) is 0.692. The van der Waals surface area contributed by atoms with E-state index >= 15 is 0 Å². The summed E-state index contributed by atoms with van der Waals surface area (Å²) in [5.41, 5.74) is 0.593. The number of carbonyl (C=O) groups excluding carboxylic acids is 1. The molecule has 0 radical (unpaired) electrons. The fourth-order valence-electron chi connectivity index (χ4n) is 2.79. The molecule has 3 nitrogen and oxygen atoms in total. The van der Waals surface area contributed by atoms with Gasteiger partial charge in [-0.2, -0.15) is 0 Å². The van der Waals surface area contributed by atoms with E-state index in [0.717, 1.165) is 18.4 Å². The lowest BCUT2D eigenvalue weighted by atomic mass is 9.62. The maximum absolute atomic E-state index is 12.3. The highest BCUT2D eigenvalue weighted by molar-refractivity contribution is 6.12. The first-order valence-electron chi connectivity index (χ1n) is 5.88. The quantitative estimate of drug-likeness (QED) is 0.750. The Morgan fingerprint density at radius 1 is 1.50 bits per heavy atom. The van der Waals surface area contributed by atoms with Crippen LogP contribution in [0.15, 0.2) is 11.1 Å². The molecule has 0 fully saturated rings. The largest absolute Gasteiger partial charge is 0.480 e. The Labute approximate surface area is 96.5 Å². The Hall–Kier alpha value is -1.12. The van der Waals surface area contributed by atoms with Gasteiger partial charge in [-0.3, -0.25) is 9.59 Å². The second-order valence-electron chi connectivity index (χ2n) is 4.65. The number of hydrogen-bond acceptors (Lipinski definition) is 2. The van der Waals surface area contributed by atoms with Crippen LogP contribution in [0.4, 0.5) is 0 Å². The maximum Gasteiger partial charge on any atom is 0.317 e. The van der Waals surface area contributed by atoms with Gasteiger partial charge < -0.3 is 5.11 Å². The Bertz CT molecular complexity index is 354. The Morgan fingerprint density at radius 2 is 2.06 bits per heavy atom. The molecule has 3 heteroatoms. The van der Waals surface area contributed by atoms with Crippen molar-refractivity contribution in [3.63, 3.8) is 0 Å². The summed E-state index contributed by atoms with van der Waals surface area (Å²) in [6.45, 7) is 7.43. The summed E-state index contributed by atoms with van der Waals surface area (Å²) in [5.74, 6) is -1.26. The molecule has 0 bridgehead atoms. The molecule has 0 aliphatic heterocycles. The van der Waals surface area contributed by atoms with Crippen LogP contribution in [-0.4, -0.2) is 16.9 Å². The minimum absolute atomic E-state index is 0.110. The van der Waals surface area contributed by atoms with Gasteiger partial charge >= 0.3 is 5.97 Å². The summed E-state index contributed by atoms with van der Waals surface area (Å²) < 4.78 is 0. The number of carboxylic acid groups (broad SMARTS) is 1. The highest BCUT2D eigenvalue weighted by atomic mass is 16.4. The average molecular weight is 224 g/mol. The van der Waals surface area contributed by atoms with Crippen molar-refractivity contribution in [1.29, 1.82) is 0 Å².